The molecule has 0 bridgehead atoms. The van der Waals surface area contributed by atoms with Gasteiger partial charge in [-0.15, -0.1) is 0 Å². The molecule has 4 heterocycles. The molecule has 242 valence electrons. The van der Waals surface area contributed by atoms with Crippen molar-refractivity contribution in [3.63, 3.8) is 0 Å². The number of hydrogen-bond acceptors (Lipinski definition) is 7. The van der Waals surface area contributed by atoms with Crippen molar-refractivity contribution < 1.29 is 23.5 Å². The van der Waals surface area contributed by atoms with Crippen LogP contribution in [0.3, 0.4) is 0 Å². The number of aromatic nitrogens is 3. The number of carbonyl (C=O) groups excluding carboxylic acids is 2. The minimum atomic E-state index is -0.557. The summed E-state index contributed by atoms with van der Waals surface area (Å²) in [7, 11) is 0. The molecule has 6 rings (SSSR count). The smallest absolute Gasteiger partial charge is 0.410 e. The van der Waals surface area contributed by atoms with Crippen molar-refractivity contribution in [1.29, 1.82) is 0 Å². The topological polar surface area (TPSA) is 114 Å². The van der Waals surface area contributed by atoms with E-state index in [2.05, 4.69) is 39.2 Å². The largest absolute Gasteiger partial charge is 0.444 e. The fourth-order valence-electron chi connectivity index (χ4n) is 6.07. The first kappa shape index (κ1) is 31.4. The Bertz CT molecular complexity index is 1550. The Hall–Kier alpha value is -4.60. The SMILES string of the molecule is CC(C)(C)OC(=O)N1CCCC1c1ncc(-c2ccc(-c3ccc(-c4ncc([C@@H]5CCCN5C(=O)OC(C)(C)C)[nH]4)cc3)cc2)o1. The summed E-state index contributed by atoms with van der Waals surface area (Å²) in [5, 5.41) is 0. The van der Waals surface area contributed by atoms with Crippen molar-refractivity contribution in [2.24, 2.45) is 0 Å². The lowest BCUT2D eigenvalue weighted by molar-refractivity contribution is 0.0200. The molecule has 2 aromatic carbocycles. The van der Waals surface area contributed by atoms with Crippen molar-refractivity contribution in [1.82, 2.24) is 24.8 Å². The molecule has 0 aliphatic carbocycles. The van der Waals surface area contributed by atoms with Crippen molar-refractivity contribution in [3.05, 3.63) is 72.5 Å². The lowest BCUT2D eigenvalue weighted by Gasteiger charge is -2.28. The summed E-state index contributed by atoms with van der Waals surface area (Å²) < 4.78 is 17.4. The van der Waals surface area contributed by atoms with E-state index in [0.29, 0.717) is 24.7 Å². The van der Waals surface area contributed by atoms with E-state index in [1.807, 2.05) is 72.0 Å². The molecule has 2 aromatic heterocycles. The van der Waals surface area contributed by atoms with Crippen LogP contribution in [0.4, 0.5) is 9.59 Å². The molecular formula is C36H43N5O5. The number of likely N-dealkylation sites (tertiary alicyclic amines) is 2. The van der Waals surface area contributed by atoms with Crippen LogP contribution >= 0.6 is 0 Å². The molecule has 2 atom stereocenters. The van der Waals surface area contributed by atoms with E-state index in [4.69, 9.17) is 13.9 Å². The van der Waals surface area contributed by atoms with Gasteiger partial charge in [-0.2, -0.15) is 0 Å². The van der Waals surface area contributed by atoms with Gasteiger partial charge in [0, 0.05) is 24.2 Å². The van der Waals surface area contributed by atoms with E-state index in [1.165, 1.54) is 0 Å². The van der Waals surface area contributed by atoms with Crippen LogP contribution in [0.1, 0.15) is 90.9 Å². The molecule has 1 unspecified atom stereocenters. The van der Waals surface area contributed by atoms with Crippen molar-refractivity contribution in [2.75, 3.05) is 13.1 Å². The highest BCUT2D eigenvalue weighted by Gasteiger charge is 2.36. The number of benzene rings is 2. The van der Waals surface area contributed by atoms with E-state index in [9.17, 15) is 9.59 Å². The highest BCUT2D eigenvalue weighted by Crippen LogP contribution is 2.36. The lowest BCUT2D eigenvalue weighted by atomic mass is 10.0. The quantitative estimate of drug-likeness (QED) is 0.236. The number of imidazole rings is 1. The Morgan fingerprint density at radius 1 is 0.717 bits per heavy atom. The zero-order chi connectivity index (χ0) is 32.6. The van der Waals surface area contributed by atoms with Crippen molar-refractivity contribution >= 4 is 12.2 Å². The molecule has 10 nitrogen and oxygen atoms in total. The zero-order valence-corrected chi connectivity index (χ0v) is 27.5. The van der Waals surface area contributed by atoms with E-state index < -0.39 is 11.2 Å². The second-order valence-electron chi connectivity index (χ2n) is 14.1. The number of rotatable bonds is 5. The lowest BCUT2D eigenvalue weighted by Crippen LogP contribution is -2.36. The van der Waals surface area contributed by atoms with Gasteiger partial charge in [-0.25, -0.2) is 19.6 Å². The van der Waals surface area contributed by atoms with Gasteiger partial charge in [0.1, 0.15) is 23.1 Å². The highest BCUT2D eigenvalue weighted by molar-refractivity contribution is 5.72. The second-order valence-corrected chi connectivity index (χ2v) is 14.1. The number of hydrogen-bond donors (Lipinski definition) is 1. The molecule has 4 aromatic rings. The Kier molecular flexibility index (Phi) is 8.39. The maximum absolute atomic E-state index is 12.8. The molecule has 2 aliphatic heterocycles. The molecule has 1 N–H and O–H groups in total. The predicted octanol–water partition coefficient (Wildman–Crippen LogP) is 8.54. The Labute approximate surface area is 270 Å². The van der Waals surface area contributed by atoms with E-state index in [0.717, 1.165) is 59.5 Å². The van der Waals surface area contributed by atoms with Crippen LogP contribution in [0.2, 0.25) is 0 Å². The van der Waals surface area contributed by atoms with Gasteiger partial charge in [-0.3, -0.25) is 9.80 Å². The zero-order valence-electron chi connectivity index (χ0n) is 27.5. The molecule has 2 saturated heterocycles. The third kappa shape index (κ3) is 6.95. The Balaban J connectivity index is 1.11. The normalized spacial score (nSPS) is 18.7. The van der Waals surface area contributed by atoms with E-state index in [-0.39, 0.29) is 24.3 Å². The third-order valence-corrected chi connectivity index (χ3v) is 8.19. The number of aromatic amines is 1. The average Bonchev–Trinajstić information content (AvgIpc) is 3.82. The first-order valence-corrected chi connectivity index (χ1v) is 16.1. The number of ether oxygens (including phenoxy) is 2. The maximum atomic E-state index is 12.8. The molecule has 2 fully saturated rings. The van der Waals surface area contributed by atoms with Gasteiger partial charge in [-0.1, -0.05) is 48.5 Å². The van der Waals surface area contributed by atoms with Crippen LogP contribution in [0.5, 0.6) is 0 Å². The molecule has 10 heteroatoms. The summed E-state index contributed by atoms with van der Waals surface area (Å²) in [6.45, 7) is 12.5. The first-order chi connectivity index (χ1) is 21.8. The molecular weight excluding hydrogens is 582 g/mol. The molecule has 0 spiro atoms. The van der Waals surface area contributed by atoms with Crippen LogP contribution in [0.15, 0.2) is 65.3 Å². The maximum Gasteiger partial charge on any atom is 0.410 e. The van der Waals surface area contributed by atoms with Gasteiger partial charge in [-0.05, 0) is 78.4 Å². The number of H-pyrrole nitrogens is 1. The van der Waals surface area contributed by atoms with Crippen molar-refractivity contribution in [2.45, 2.75) is 90.5 Å². The molecule has 0 radical (unpaired) electrons. The fraction of sp³-hybridized carbons (Fsp3) is 0.444. The van der Waals surface area contributed by atoms with E-state index in [1.54, 1.807) is 16.0 Å². The summed E-state index contributed by atoms with van der Waals surface area (Å²) in [6.07, 6.45) is 6.39. The summed E-state index contributed by atoms with van der Waals surface area (Å²) in [4.78, 5) is 41.6. The third-order valence-electron chi connectivity index (χ3n) is 8.19. The van der Waals surface area contributed by atoms with Gasteiger partial charge in [0.25, 0.3) is 0 Å². The van der Waals surface area contributed by atoms with E-state index >= 15 is 0 Å². The summed E-state index contributed by atoms with van der Waals surface area (Å²) >= 11 is 0. The predicted molar refractivity (Wildman–Crippen MR) is 175 cm³/mol. The number of carbonyl (C=O) groups is 2. The average molecular weight is 626 g/mol. The van der Waals surface area contributed by atoms with Gasteiger partial charge in [0.2, 0.25) is 5.89 Å². The number of nitrogens with one attached hydrogen (secondary N) is 1. The first-order valence-electron chi connectivity index (χ1n) is 16.1. The number of amides is 2. The second kappa shape index (κ2) is 12.3. The number of oxazole rings is 1. The monoisotopic (exact) mass is 625 g/mol. The Morgan fingerprint density at radius 2 is 1.22 bits per heavy atom. The van der Waals surface area contributed by atoms with Gasteiger partial charge >= 0.3 is 12.2 Å². The van der Waals surface area contributed by atoms with Crippen LogP contribution in [-0.2, 0) is 9.47 Å². The van der Waals surface area contributed by atoms with Crippen LogP contribution < -0.4 is 0 Å². The van der Waals surface area contributed by atoms with Crippen LogP contribution in [0.25, 0.3) is 33.8 Å². The molecule has 46 heavy (non-hydrogen) atoms. The minimum Gasteiger partial charge on any atom is -0.444 e. The summed E-state index contributed by atoms with van der Waals surface area (Å²) in [6, 6.07) is 16.1. The van der Waals surface area contributed by atoms with Gasteiger partial charge < -0.3 is 18.9 Å². The Morgan fingerprint density at radius 3 is 1.78 bits per heavy atom. The number of nitrogens with zero attached hydrogens (tertiary/aromatic N) is 4. The highest BCUT2D eigenvalue weighted by atomic mass is 16.6. The fourth-order valence-corrected chi connectivity index (χ4v) is 6.07. The summed E-state index contributed by atoms with van der Waals surface area (Å²) in [5.74, 6) is 1.96. The van der Waals surface area contributed by atoms with Crippen molar-refractivity contribution in [3.8, 4) is 33.8 Å². The van der Waals surface area contributed by atoms with Gasteiger partial charge in [0.15, 0.2) is 5.76 Å². The summed E-state index contributed by atoms with van der Waals surface area (Å²) in [5.41, 5.74) is 3.85. The molecule has 0 saturated carbocycles. The van der Waals surface area contributed by atoms with Crippen LogP contribution in [0, 0.1) is 0 Å². The minimum absolute atomic E-state index is 0.0728. The standard InChI is InChI=1S/C36H43N5O5/c1-35(2,3)45-33(42)40-19-7-9-28(40)27-21-37-31(39-27)26-17-13-24(14-18-26)23-11-15-25(16-12-23)30-22-38-32(44-30)29-10-8-20-41(29)34(43)46-36(4,5)6/h11-18,21-22,28-29H,7-10,19-20H2,1-6H3,(H,37,39)/t28-,29?/m0/s1. The van der Waals surface area contributed by atoms with Crippen LogP contribution in [-0.4, -0.2) is 61.2 Å². The van der Waals surface area contributed by atoms with Gasteiger partial charge in [0.05, 0.1) is 24.1 Å². The molecule has 2 aliphatic rings. The molecule has 2 amide bonds.